The Morgan fingerprint density at radius 2 is 0.850 bits per heavy atom. The molecular formula is C57H61BN2. The van der Waals surface area contributed by atoms with Gasteiger partial charge in [-0.3, -0.25) is 0 Å². The normalized spacial score (nSPS) is 14.0. The second-order valence-corrected chi connectivity index (χ2v) is 21.7. The number of benzene rings is 7. The monoisotopic (exact) mass is 784 g/mol. The Bertz CT molecular complexity index is 2810. The number of hydrogen-bond acceptors (Lipinski definition) is 2. The van der Waals surface area contributed by atoms with Crippen LogP contribution in [0, 0.1) is 6.92 Å². The van der Waals surface area contributed by atoms with Crippen LogP contribution >= 0.6 is 0 Å². The average Bonchev–Trinajstić information content (AvgIpc) is 3.18. The van der Waals surface area contributed by atoms with Gasteiger partial charge in [0.15, 0.2) is 0 Å². The van der Waals surface area contributed by atoms with Crippen molar-refractivity contribution in [3.8, 4) is 11.1 Å². The molecule has 0 aliphatic carbocycles. The fourth-order valence-electron chi connectivity index (χ4n) is 9.60. The summed E-state index contributed by atoms with van der Waals surface area (Å²) in [5.74, 6) is 0. The quantitative estimate of drug-likeness (QED) is 0.165. The molecule has 0 radical (unpaired) electrons. The van der Waals surface area contributed by atoms with Crippen LogP contribution in [0.2, 0.25) is 0 Å². The van der Waals surface area contributed by atoms with Crippen LogP contribution in [0.15, 0.2) is 133 Å². The first-order valence-corrected chi connectivity index (χ1v) is 22.0. The van der Waals surface area contributed by atoms with Crippen molar-refractivity contribution in [2.24, 2.45) is 0 Å². The van der Waals surface area contributed by atoms with Crippen LogP contribution < -0.4 is 26.2 Å². The smallest absolute Gasteiger partial charge is 0.252 e. The highest BCUT2D eigenvalue weighted by molar-refractivity contribution is 7.00. The van der Waals surface area contributed by atoms with Crippen molar-refractivity contribution in [2.75, 3.05) is 9.80 Å². The number of fused-ring (bicyclic) bond motifs is 5. The highest BCUT2D eigenvalue weighted by Gasteiger charge is 2.45. The largest absolute Gasteiger partial charge is 0.311 e. The molecule has 2 nitrogen and oxygen atoms in total. The van der Waals surface area contributed by atoms with Crippen LogP contribution in [0.25, 0.3) is 21.9 Å². The van der Waals surface area contributed by atoms with Crippen LogP contribution in [-0.2, 0) is 21.7 Å². The zero-order chi connectivity index (χ0) is 42.7. The minimum Gasteiger partial charge on any atom is -0.311 e. The molecule has 0 fully saturated rings. The summed E-state index contributed by atoms with van der Waals surface area (Å²) in [6.45, 7) is 30.2. The summed E-state index contributed by atoms with van der Waals surface area (Å²) in [6, 6.07) is 51.8. The molecule has 302 valence electrons. The van der Waals surface area contributed by atoms with Gasteiger partial charge < -0.3 is 9.80 Å². The Labute approximate surface area is 360 Å². The molecular weight excluding hydrogens is 723 g/mol. The molecule has 2 heterocycles. The SMILES string of the molecule is Cc1cc2c3c(c1)N(c1ccc(C(C)(C)C)cc1-c1cccc4ccccc14)c1ccc(C(C)(C)C)cc1B3c1cc(C(C)(C)C)ccc1N2c1ccc(C(C)(C)C)cc1. The summed E-state index contributed by atoms with van der Waals surface area (Å²) in [5, 5.41) is 2.52. The van der Waals surface area contributed by atoms with Crippen molar-refractivity contribution in [3.63, 3.8) is 0 Å². The third kappa shape index (κ3) is 6.66. The van der Waals surface area contributed by atoms with E-state index in [9.17, 15) is 0 Å². The summed E-state index contributed by atoms with van der Waals surface area (Å²) in [7, 11) is 0. The number of hydrogen-bond donors (Lipinski definition) is 0. The van der Waals surface area contributed by atoms with Gasteiger partial charge >= 0.3 is 0 Å². The zero-order valence-electron chi connectivity index (χ0n) is 38.2. The minimum absolute atomic E-state index is 0.0104. The Morgan fingerprint density at radius 1 is 0.383 bits per heavy atom. The molecule has 7 aromatic carbocycles. The Hall–Kier alpha value is -5.54. The maximum atomic E-state index is 2.62. The highest BCUT2D eigenvalue weighted by Crippen LogP contribution is 2.49. The van der Waals surface area contributed by atoms with Gasteiger partial charge in [0, 0.05) is 34.0 Å². The molecule has 9 rings (SSSR count). The molecule has 3 heteroatoms. The number of anilines is 6. The lowest BCUT2D eigenvalue weighted by atomic mass is 9.33. The van der Waals surface area contributed by atoms with Gasteiger partial charge in [-0.25, -0.2) is 0 Å². The van der Waals surface area contributed by atoms with Gasteiger partial charge in [0.1, 0.15) is 0 Å². The van der Waals surface area contributed by atoms with Gasteiger partial charge in [0.25, 0.3) is 6.71 Å². The predicted molar refractivity (Wildman–Crippen MR) is 263 cm³/mol. The molecule has 0 unspecified atom stereocenters. The van der Waals surface area contributed by atoms with E-state index in [0.717, 1.165) is 0 Å². The van der Waals surface area contributed by atoms with Gasteiger partial charge in [-0.15, -0.1) is 0 Å². The Kier molecular flexibility index (Phi) is 9.14. The van der Waals surface area contributed by atoms with E-state index >= 15 is 0 Å². The molecule has 60 heavy (non-hydrogen) atoms. The van der Waals surface area contributed by atoms with E-state index in [2.05, 4.69) is 233 Å². The fourth-order valence-corrected chi connectivity index (χ4v) is 9.60. The van der Waals surface area contributed by atoms with Gasteiger partial charge in [-0.2, -0.15) is 0 Å². The first-order valence-electron chi connectivity index (χ1n) is 22.0. The summed E-state index contributed by atoms with van der Waals surface area (Å²) in [4.78, 5) is 5.18. The lowest BCUT2D eigenvalue weighted by Gasteiger charge is -2.45. The Morgan fingerprint density at radius 3 is 1.42 bits per heavy atom. The van der Waals surface area contributed by atoms with Crippen molar-refractivity contribution in [3.05, 3.63) is 161 Å². The number of nitrogens with zero attached hydrogens (tertiary/aromatic N) is 2. The van der Waals surface area contributed by atoms with Gasteiger partial charge in [-0.1, -0.05) is 168 Å². The third-order valence-electron chi connectivity index (χ3n) is 13.1. The van der Waals surface area contributed by atoms with Crippen LogP contribution in [0.4, 0.5) is 34.1 Å². The van der Waals surface area contributed by atoms with Crippen molar-refractivity contribution in [1.29, 1.82) is 0 Å². The average molecular weight is 785 g/mol. The maximum Gasteiger partial charge on any atom is 0.252 e. The molecule has 0 spiro atoms. The molecule has 0 saturated heterocycles. The van der Waals surface area contributed by atoms with Crippen molar-refractivity contribution < 1.29 is 0 Å². The van der Waals surface area contributed by atoms with Crippen LogP contribution in [-0.4, -0.2) is 6.71 Å². The van der Waals surface area contributed by atoms with E-state index in [1.807, 2.05) is 0 Å². The maximum absolute atomic E-state index is 2.62. The lowest BCUT2D eigenvalue weighted by molar-refractivity contribution is 0.590. The van der Waals surface area contributed by atoms with E-state index in [0.29, 0.717) is 0 Å². The molecule has 0 aromatic heterocycles. The van der Waals surface area contributed by atoms with Crippen molar-refractivity contribution in [2.45, 2.75) is 112 Å². The summed E-state index contributed by atoms with van der Waals surface area (Å²) in [5.41, 5.74) is 20.6. The van der Waals surface area contributed by atoms with Crippen LogP contribution in [0.1, 0.15) is 111 Å². The Balaban J connectivity index is 1.40. The zero-order valence-corrected chi connectivity index (χ0v) is 38.2. The molecule has 0 amide bonds. The first kappa shape index (κ1) is 39.9. The van der Waals surface area contributed by atoms with Crippen molar-refractivity contribution in [1.82, 2.24) is 0 Å². The second-order valence-electron chi connectivity index (χ2n) is 21.7. The molecule has 7 aromatic rings. The topological polar surface area (TPSA) is 6.48 Å². The number of rotatable bonds is 3. The third-order valence-corrected chi connectivity index (χ3v) is 13.1. The highest BCUT2D eigenvalue weighted by atomic mass is 15.2. The standard InChI is InChI=1S/C57H61BN2/c1-36-31-51-53-52(32-36)60(48-28-23-39(55(5,6)7)33-45(48)44-20-16-18-37-17-14-15-19-43(37)44)50-30-25-41(57(11,12)13)35-47(50)58(53)46-34-40(56(8,9)10)24-29-49(46)59(51)42-26-21-38(22-27-42)54(2,3)4/h14-35H,1-13H3. The van der Waals surface area contributed by atoms with Crippen LogP contribution in [0.3, 0.4) is 0 Å². The molecule has 0 N–H and O–H groups in total. The lowest BCUT2D eigenvalue weighted by Crippen LogP contribution is -2.61. The first-order chi connectivity index (χ1) is 28.2. The van der Waals surface area contributed by atoms with Gasteiger partial charge in [0.2, 0.25) is 0 Å². The molecule has 2 aliphatic heterocycles. The molecule has 2 aliphatic rings. The molecule has 0 atom stereocenters. The van der Waals surface area contributed by atoms with E-state index in [1.165, 1.54) is 100 Å². The predicted octanol–water partition coefficient (Wildman–Crippen LogP) is 14.1. The summed E-state index contributed by atoms with van der Waals surface area (Å²) >= 11 is 0. The second kappa shape index (κ2) is 13.7. The van der Waals surface area contributed by atoms with E-state index in [1.54, 1.807) is 0 Å². The van der Waals surface area contributed by atoms with E-state index in [-0.39, 0.29) is 28.4 Å². The molecule has 0 bridgehead atoms. The van der Waals surface area contributed by atoms with Crippen LogP contribution in [0.5, 0.6) is 0 Å². The molecule has 0 saturated carbocycles. The number of aryl methyl sites for hydroxylation is 1. The summed E-state index contributed by atoms with van der Waals surface area (Å²) < 4.78 is 0. The minimum atomic E-state index is -0.0235. The van der Waals surface area contributed by atoms with Crippen molar-refractivity contribution >= 4 is 68.0 Å². The van der Waals surface area contributed by atoms with E-state index < -0.39 is 0 Å². The fraction of sp³-hybridized carbons (Fsp3) is 0.298. The van der Waals surface area contributed by atoms with Gasteiger partial charge in [0.05, 0.1) is 5.69 Å². The summed E-state index contributed by atoms with van der Waals surface area (Å²) in [6.07, 6.45) is 0. The van der Waals surface area contributed by atoms with Gasteiger partial charge in [-0.05, 0) is 138 Å². The van der Waals surface area contributed by atoms with E-state index in [4.69, 9.17) is 0 Å².